The van der Waals surface area contributed by atoms with Crippen molar-refractivity contribution in [1.29, 1.82) is 0 Å². The van der Waals surface area contributed by atoms with Crippen LogP contribution in [0.15, 0.2) is 18.5 Å². The summed E-state index contributed by atoms with van der Waals surface area (Å²) in [5.41, 5.74) is 13.8. The maximum Gasteiger partial charge on any atom is 0.0738 e. The third kappa shape index (κ3) is 2.21. The van der Waals surface area contributed by atoms with Crippen LogP contribution in [0.25, 0.3) is 0 Å². The van der Waals surface area contributed by atoms with Crippen molar-refractivity contribution < 1.29 is 0 Å². The van der Waals surface area contributed by atoms with Crippen molar-refractivity contribution >= 4 is 11.4 Å². The molecule has 1 aromatic heterocycles. The quantitative estimate of drug-likeness (QED) is 0.718. The van der Waals surface area contributed by atoms with Gasteiger partial charge in [0, 0.05) is 24.8 Å². The van der Waals surface area contributed by atoms with Gasteiger partial charge in [-0.05, 0) is 25.8 Å². The molecule has 1 fully saturated rings. The monoisotopic (exact) mass is 206 g/mol. The van der Waals surface area contributed by atoms with E-state index in [4.69, 9.17) is 11.5 Å². The summed E-state index contributed by atoms with van der Waals surface area (Å²) >= 11 is 0. The molecule has 4 heteroatoms. The van der Waals surface area contributed by atoms with Crippen molar-refractivity contribution in [3.63, 3.8) is 0 Å². The van der Waals surface area contributed by atoms with E-state index in [2.05, 4.69) is 16.8 Å². The van der Waals surface area contributed by atoms with E-state index in [1.165, 1.54) is 0 Å². The van der Waals surface area contributed by atoms with Crippen LogP contribution in [-0.2, 0) is 0 Å². The Balaban J connectivity index is 2.11. The summed E-state index contributed by atoms with van der Waals surface area (Å²) < 4.78 is 0. The average Bonchev–Trinajstić information content (AvgIpc) is 2.19. The van der Waals surface area contributed by atoms with Crippen molar-refractivity contribution in [2.24, 2.45) is 5.73 Å². The van der Waals surface area contributed by atoms with Crippen LogP contribution in [0.1, 0.15) is 19.8 Å². The second-order valence-electron chi connectivity index (χ2n) is 4.58. The number of nitrogen functional groups attached to an aromatic ring is 1. The van der Waals surface area contributed by atoms with E-state index in [1.54, 1.807) is 12.4 Å². The predicted octanol–water partition coefficient (Wildman–Crippen LogP) is 0.981. The molecule has 1 aliphatic rings. The molecule has 2 rings (SSSR count). The summed E-state index contributed by atoms with van der Waals surface area (Å²) in [4.78, 5) is 6.28. The molecule has 4 nitrogen and oxygen atoms in total. The lowest BCUT2D eigenvalue weighted by molar-refractivity contribution is 0.364. The lowest BCUT2D eigenvalue weighted by Gasteiger charge is -2.38. The maximum atomic E-state index is 6.09. The van der Waals surface area contributed by atoms with Crippen molar-refractivity contribution in [3.05, 3.63) is 18.5 Å². The summed E-state index contributed by atoms with van der Waals surface area (Å²) in [6.07, 6.45) is 5.50. The van der Waals surface area contributed by atoms with E-state index >= 15 is 0 Å². The number of rotatable bonds is 1. The zero-order valence-corrected chi connectivity index (χ0v) is 9.11. The van der Waals surface area contributed by atoms with Gasteiger partial charge >= 0.3 is 0 Å². The minimum atomic E-state index is -0.0156. The number of hydrogen-bond donors (Lipinski definition) is 2. The second kappa shape index (κ2) is 3.70. The molecule has 0 atom stereocenters. The van der Waals surface area contributed by atoms with E-state index in [0.29, 0.717) is 0 Å². The molecule has 4 N–H and O–H groups in total. The van der Waals surface area contributed by atoms with Gasteiger partial charge in [0.1, 0.15) is 0 Å². The van der Waals surface area contributed by atoms with E-state index in [0.717, 1.165) is 37.3 Å². The van der Waals surface area contributed by atoms with Crippen LogP contribution >= 0.6 is 0 Å². The molecule has 0 aliphatic carbocycles. The van der Waals surface area contributed by atoms with E-state index < -0.39 is 0 Å². The van der Waals surface area contributed by atoms with Crippen LogP contribution < -0.4 is 16.4 Å². The topological polar surface area (TPSA) is 68.2 Å². The minimum absolute atomic E-state index is 0.0156. The first kappa shape index (κ1) is 10.2. The summed E-state index contributed by atoms with van der Waals surface area (Å²) in [6, 6.07) is 1.97. The Labute approximate surface area is 90.3 Å². The van der Waals surface area contributed by atoms with Gasteiger partial charge in [-0.1, -0.05) is 0 Å². The molecule has 0 amide bonds. The molecular weight excluding hydrogens is 188 g/mol. The Hall–Kier alpha value is -1.29. The van der Waals surface area contributed by atoms with Crippen LogP contribution in [-0.4, -0.2) is 23.6 Å². The van der Waals surface area contributed by atoms with Gasteiger partial charge in [-0.2, -0.15) is 0 Å². The molecule has 15 heavy (non-hydrogen) atoms. The van der Waals surface area contributed by atoms with Crippen LogP contribution in [0.4, 0.5) is 11.4 Å². The van der Waals surface area contributed by atoms with Crippen molar-refractivity contribution in [1.82, 2.24) is 4.98 Å². The molecule has 0 spiro atoms. The Morgan fingerprint density at radius 1 is 1.40 bits per heavy atom. The highest BCUT2D eigenvalue weighted by Gasteiger charge is 2.26. The second-order valence-corrected chi connectivity index (χ2v) is 4.58. The fraction of sp³-hybridized carbons (Fsp3) is 0.545. The molecule has 82 valence electrons. The van der Waals surface area contributed by atoms with Gasteiger partial charge < -0.3 is 16.4 Å². The Bertz CT molecular complexity index is 338. The van der Waals surface area contributed by atoms with Gasteiger partial charge in [-0.15, -0.1) is 0 Å². The zero-order valence-electron chi connectivity index (χ0n) is 9.11. The third-order valence-corrected chi connectivity index (χ3v) is 3.07. The summed E-state index contributed by atoms with van der Waals surface area (Å²) in [5.74, 6) is 0. The number of pyridine rings is 1. The van der Waals surface area contributed by atoms with Crippen molar-refractivity contribution in [2.75, 3.05) is 23.7 Å². The van der Waals surface area contributed by atoms with Gasteiger partial charge in [-0.25, -0.2) is 0 Å². The lowest BCUT2D eigenvalue weighted by atomic mass is 9.91. The highest BCUT2D eigenvalue weighted by atomic mass is 15.2. The fourth-order valence-corrected chi connectivity index (χ4v) is 1.95. The summed E-state index contributed by atoms with van der Waals surface area (Å²) in [7, 11) is 0. The largest absolute Gasteiger partial charge is 0.396 e. The normalized spacial score (nSPS) is 20.3. The molecule has 0 unspecified atom stereocenters. The number of nitrogens with two attached hydrogens (primary N) is 2. The molecule has 0 aromatic carbocycles. The highest BCUT2D eigenvalue weighted by Crippen LogP contribution is 2.27. The summed E-state index contributed by atoms with van der Waals surface area (Å²) in [6.45, 7) is 4.06. The number of piperidine rings is 1. The molecule has 0 saturated carbocycles. The first-order valence-corrected chi connectivity index (χ1v) is 5.32. The first-order chi connectivity index (χ1) is 7.08. The first-order valence-electron chi connectivity index (χ1n) is 5.32. The fourth-order valence-electron chi connectivity index (χ4n) is 1.95. The van der Waals surface area contributed by atoms with Crippen LogP contribution in [0.3, 0.4) is 0 Å². The standard InChI is InChI=1S/C11H18N4/c1-11(13)3-6-15(7-4-11)10-2-5-14-8-9(10)12/h2,5,8H,3-4,6-7,12-13H2,1H3. The summed E-state index contributed by atoms with van der Waals surface area (Å²) in [5, 5.41) is 0. The predicted molar refractivity (Wildman–Crippen MR) is 62.7 cm³/mol. The van der Waals surface area contributed by atoms with Gasteiger partial charge in [0.05, 0.1) is 17.6 Å². The molecule has 1 aliphatic heterocycles. The number of anilines is 2. The third-order valence-electron chi connectivity index (χ3n) is 3.07. The SMILES string of the molecule is CC1(N)CCN(c2ccncc2N)CC1. The molecule has 2 heterocycles. The number of aromatic nitrogens is 1. The molecule has 1 aromatic rings. The van der Waals surface area contributed by atoms with Crippen molar-refractivity contribution in [2.45, 2.75) is 25.3 Å². The van der Waals surface area contributed by atoms with Crippen LogP contribution in [0.2, 0.25) is 0 Å². The van der Waals surface area contributed by atoms with E-state index in [-0.39, 0.29) is 5.54 Å². The van der Waals surface area contributed by atoms with E-state index in [1.807, 2.05) is 6.07 Å². The number of nitrogens with zero attached hydrogens (tertiary/aromatic N) is 2. The molecule has 0 radical (unpaired) electrons. The Morgan fingerprint density at radius 3 is 2.67 bits per heavy atom. The van der Waals surface area contributed by atoms with E-state index in [9.17, 15) is 0 Å². The Kier molecular flexibility index (Phi) is 2.52. The highest BCUT2D eigenvalue weighted by molar-refractivity contribution is 5.66. The zero-order chi connectivity index (χ0) is 10.9. The van der Waals surface area contributed by atoms with Gasteiger partial charge in [0.25, 0.3) is 0 Å². The van der Waals surface area contributed by atoms with Crippen molar-refractivity contribution in [3.8, 4) is 0 Å². The molecular formula is C11H18N4. The average molecular weight is 206 g/mol. The van der Waals surface area contributed by atoms with Gasteiger partial charge in [0.2, 0.25) is 0 Å². The molecule has 0 bridgehead atoms. The lowest BCUT2D eigenvalue weighted by Crippen LogP contribution is -2.48. The smallest absolute Gasteiger partial charge is 0.0738 e. The Morgan fingerprint density at radius 2 is 2.07 bits per heavy atom. The minimum Gasteiger partial charge on any atom is -0.396 e. The van der Waals surface area contributed by atoms with Crippen LogP contribution in [0.5, 0.6) is 0 Å². The van der Waals surface area contributed by atoms with Crippen LogP contribution in [0, 0.1) is 0 Å². The maximum absolute atomic E-state index is 6.09. The molecule has 1 saturated heterocycles. The van der Waals surface area contributed by atoms with Gasteiger partial charge in [-0.3, -0.25) is 4.98 Å². The number of hydrogen-bond acceptors (Lipinski definition) is 4. The van der Waals surface area contributed by atoms with Gasteiger partial charge in [0.15, 0.2) is 0 Å².